The van der Waals surface area contributed by atoms with Gasteiger partial charge in [0.15, 0.2) is 0 Å². The van der Waals surface area contributed by atoms with Crippen LogP contribution in [0.1, 0.15) is 142 Å². The first-order valence-corrected chi connectivity index (χ1v) is 14.1. The molecule has 0 aliphatic rings. The molecule has 0 radical (unpaired) electrons. The van der Waals surface area contributed by atoms with E-state index in [1.165, 1.54) is 51.4 Å². The molecule has 0 unspecified atom stereocenters. The highest BCUT2D eigenvalue weighted by molar-refractivity contribution is 5.70. The van der Waals surface area contributed by atoms with Crippen LogP contribution in [0, 0.1) is 0 Å². The summed E-state index contributed by atoms with van der Waals surface area (Å²) in [4.78, 5) is 43.0. The lowest BCUT2D eigenvalue weighted by Gasteiger charge is -2.04. The smallest absolute Gasteiger partial charge is 0.305 e. The third kappa shape index (κ3) is 34.0. The van der Waals surface area contributed by atoms with Gasteiger partial charge in [-0.05, 0) is 38.5 Å². The van der Waals surface area contributed by atoms with E-state index < -0.39 is 11.9 Å². The number of esters is 2. The summed E-state index contributed by atoms with van der Waals surface area (Å²) in [5.74, 6) is -2.02. The number of hydrogen-bond donors (Lipinski definition) is 2. The first kappa shape index (κ1) is 36.0. The molecule has 0 saturated carbocycles. The normalized spacial score (nSPS) is 10.3. The van der Waals surface area contributed by atoms with Crippen molar-refractivity contribution in [2.75, 3.05) is 13.2 Å². The molecule has 36 heavy (non-hydrogen) atoms. The zero-order valence-corrected chi connectivity index (χ0v) is 22.9. The van der Waals surface area contributed by atoms with Crippen LogP contribution >= 0.6 is 0 Å². The van der Waals surface area contributed by atoms with E-state index in [4.69, 9.17) is 19.7 Å². The molecule has 0 heterocycles. The van der Waals surface area contributed by atoms with Crippen molar-refractivity contribution >= 4 is 23.9 Å². The van der Waals surface area contributed by atoms with Crippen molar-refractivity contribution in [1.82, 2.24) is 0 Å². The van der Waals surface area contributed by atoms with Gasteiger partial charge in [-0.2, -0.15) is 0 Å². The van der Waals surface area contributed by atoms with E-state index in [9.17, 15) is 19.2 Å². The fraction of sp³-hybridized carbons (Fsp3) is 0.857. The Balaban J connectivity index is 0. The van der Waals surface area contributed by atoms with E-state index in [0.717, 1.165) is 25.7 Å². The summed E-state index contributed by atoms with van der Waals surface area (Å²) >= 11 is 0. The number of aliphatic carboxylic acids is 2. The Kier molecular flexibility index (Phi) is 29.1. The third-order valence-electron chi connectivity index (χ3n) is 5.56. The lowest BCUT2D eigenvalue weighted by atomic mass is 10.1. The fourth-order valence-electron chi connectivity index (χ4n) is 3.37. The van der Waals surface area contributed by atoms with Gasteiger partial charge in [0.1, 0.15) is 0 Å². The average Bonchev–Trinajstić information content (AvgIpc) is 2.83. The molecule has 212 valence electrons. The van der Waals surface area contributed by atoms with Crippen molar-refractivity contribution < 1.29 is 38.9 Å². The number of hydrogen-bond acceptors (Lipinski definition) is 6. The summed E-state index contributed by atoms with van der Waals surface area (Å²) in [5, 5.41) is 16.8. The Hall–Kier alpha value is -2.12. The molecule has 0 spiro atoms. The van der Waals surface area contributed by atoms with Crippen LogP contribution < -0.4 is 0 Å². The number of ether oxygens (including phenoxy) is 2. The number of carboxylic acids is 2. The molecular weight excluding hydrogens is 464 g/mol. The second-order valence-electron chi connectivity index (χ2n) is 9.18. The zero-order valence-electron chi connectivity index (χ0n) is 22.9. The highest BCUT2D eigenvalue weighted by Crippen LogP contribution is 2.08. The van der Waals surface area contributed by atoms with E-state index >= 15 is 0 Å². The molecule has 8 nitrogen and oxygen atoms in total. The van der Waals surface area contributed by atoms with E-state index in [2.05, 4.69) is 13.8 Å². The number of rotatable bonds is 24. The number of unbranched alkanes of at least 4 members (excludes halogenated alkanes) is 12. The topological polar surface area (TPSA) is 127 Å². The molecule has 0 atom stereocenters. The Bertz CT molecular complexity index is 548. The third-order valence-corrected chi connectivity index (χ3v) is 5.56. The Labute approximate surface area is 218 Å². The summed E-state index contributed by atoms with van der Waals surface area (Å²) in [7, 11) is 0. The summed E-state index contributed by atoms with van der Waals surface area (Å²) in [6, 6.07) is 0. The first-order chi connectivity index (χ1) is 17.3. The van der Waals surface area contributed by atoms with Crippen LogP contribution in [0.25, 0.3) is 0 Å². The predicted octanol–water partition coefficient (Wildman–Crippen LogP) is 7.07. The molecule has 0 fully saturated rings. The van der Waals surface area contributed by atoms with Gasteiger partial charge in [-0.25, -0.2) is 0 Å². The number of carbonyl (C=O) groups is 4. The van der Waals surface area contributed by atoms with Crippen LogP contribution in [-0.2, 0) is 28.7 Å². The van der Waals surface area contributed by atoms with Crippen molar-refractivity contribution in [2.24, 2.45) is 0 Å². The minimum atomic E-state index is -0.811. The van der Waals surface area contributed by atoms with Crippen molar-refractivity contribution in [2.45, 2.75) is 142 Å². The van der Waals surface area contributed by atoms with Crippen molar-refractivity contribution in [3.8, 4) is 0 Å². The molecule has 0 aromatic heterocycles. The Morgan fingerprint density at radius 2 is 0.750 bits per heavy atom. The molecule has 0 rings (SSSR count). The zero-order chi connectivity index (χ0) is 27.3. The fourth-order valence-corrected chi connectivity index (χ4v) is 3.37. The standard InChI is InChI=1S/C15H28O4.C13H24O4/c1-2-3-4-5-6-7-10-13-19-15(18)12-9-8-11-14(16)17;1-2-3-4-5-8-11-17-13(16)10-7-6-9-12(14)15/h2-13H2,1H3,(H,16,17);2-11H2,1H3,(H,14,15). The molecule has 0 aliphatic carbocycles. The second-order valence-corrected chi connectivity index (χ2v) is 9.18. The van der Waals surface area contributed by atoms with E-state index in [1.54, 1.807) is 0 Å². The molecular formula is C28H52O8. The van der Waals surface area contributed by atoms with Crippen LogP contribution in [0.3, 0.4) is 0 Å². The minimum absolute atomic E-state index is 0.129. The predicted molar refractivity (Wildman–Crippen MR) is 141 cm³/mol. The molecule has 0 aliphatic heterocycles. The van der Waals surface area contributed by atoms with E-state index in [1.807, 2.05) is 0 Å². The summed E-state index contributed by atoms with van der Waals surface area (Å²) in [6.45, 7) is 5.38. The monoisotopic (exact) mass is 516 g/mol. The maximum Gasteiger partial charge on any atom is 0.305 e. The number of carbonyl (C=O) groups excluding carboxylic acids is 2. The Morgan fingerprint density at radius 1 is 0.444 bits per heavy atom. The summed E-state index contributed by atoms with van der Waals surface area (Å²) in [5.41, 5.74) is 0. The van der Waals surface area contributed by atoms with Crippen LogP contribution in [0.15, 0.2) is 0 Å². The van der Waals surface area contributed by atoms with Gasteiger partial charge in [0.25, 0.3) is 0 Å². The van der Waals surface area contributed by atoms with Gasteiger partial charge in [0.05, 0.1) is 13.2 Å². The van der Waals surface area contributed by atoms with Crippen LogP contribution in [0.2, 0.25) is 0 Å². The minimum Gasteiger partial charge on any atom is -0.481 e. The maximum absolute atomic E-state index is 11.3. The highest BCUT2D eigenvalue weighted by Gasteiger charge is 2.05. The first-order valence-electron chi connectivity index (χ1n) is 14.1. The molecule has 0 saturated heterocycles. The van der Waals surface area contributed by atoms with E-state index in [0.29, 0.717) is 51.7 Å². The lowest BCUT2D eigenvalue weighted by Crippen LogP contribution is -2.06. The molecule has 0 aromatic carbocycles. The average molecular weight is 517 g/mol. The highest BCUT2D eigenvalue weighted by atomic mass is 16.5. The van der Waals surface area contributed by atoms with Crippen molar-refractivity contribution in [3.05, 3.63) is 0 Å². The largest absolute Gasteiger partial charge is 0.481 e. The SMILES string of the molecule is CCCCCCCCCOC(=O)CCCCC(=O)O.CCCCCCCOC(=O)CCCCC(=O)O. The second kappa shape index (κ2) is 29.1. The van der Waals surface area contributed by atoms with Crippen molar-refractivity contribution in [1.29, 1.82) is 0 Å². The van der Waals surface area contributed by atoms with E-state index in [-0.39, 0.29) is 24.8 Å². The van der Waals surface area contributed by atoms with Gasteiger partial charge in [-0.3, -0.25) is 19.2 Å². The quantitative estimate of drug-likeness (QED) is 0.103. The molecule has 0 bridgehead atoms. The maximum atomic E-state index is 11.3. The lowest BCUT2D eigenvalue weighted by molar-refractivity contribution is -0.145. The molecule has 0 aromatic rings. The molecule has 8 heteroatoms. The van der Waals surface area contributed by atoms with Gasteiger partial charge in [0, 0.05) is 25.7 Å². The van der Waals surface area contributed by atoms with Gasteiger partial charge < -0.3 is 19.7 Å². The van der Waals surface area contributed by atoms with Crippen LogP contribution in [-0.4, -0.2) is 47.3 Å². The van der Waals surface area contributed by atoms with Gasteiger partial charge in [0.2, 0.25) is 0 Å². The van der Waals surface area contributed by atoms with Crippen LogP contribution in [0.5, 0.6) is 0 Å². The summed E-state index contributed by atoms with van der Waals surface area (Å²) < 4.78 is 10.1. The van der Waals surface area contributed by atoms with Crippen LogP contribution in [0.4, 0.5) is 0 Å². The van der Waals surface area contributed by atoms with Gasteiger partial charge in [-0.15, -0.1) is 0 Å². The Morgan fingerprint density at radius 3 is 1.08 bits per heavy atom. The number of carboxylic acid groups (broad SMARTS) is 2. The summed E-state index contributed by atoms with van der Waals surface area (Å²) in [6.07, 6.45) is 17.3. The van der Waals surface area contributed by atoms with Crippen molar-refractivity contribution in [3.63, 3.8) is 0 Å². The van der Waals surface area contributed by atoms with Gasteiger partial charge in [-0.1, -0.05) is 78.1 Å². The van der Waals surface area contributed by atoms with Gasteiger partial charge >= 0.3 is 23.9 Å². The molecule has 0 amide bonds. The molecule has 2 N–H and O–H groups in total.